The van der Waals surface area contributed by atoms with Crippen molar-refractivity contribution in [2.24, 2.45) is 4.99 Å². The number of allylic oxidation sites excluding steroid dienone is 2. The lowest BCUT2D eigenvalue weighted by Crippen LogP contribution is -1.99. The summed E-state index contributed by atoms with van der Waals surface area (Å²) in [6, 6.07) is 0. The lowest BCUT2D eigenvalue weighted by Gasteiger charge is -1.96. The zero-order chi connectivity index (χ0) is 9.40. The van der Waals surface area contributed by atoms with Gasteiger partial charge in [0, 0.05) is 12.1 Å². The maximum atomic E-state index is 11.0. The van der Waals surface area contributed by atoms with Crippen LogP contribution < -0.4 is 0 Å². The van der Waals surface area contributed by atoms with E-state index in [4.69, 9.17) is 0 Å². The summed E-state index contributed by atoms with van der Waals surface area (Å²) in [6.45, 7) is 5.84. The highest BCUT2D eigenvalue weighted by molar-refractivity contribution is 6.02. The van der Waals surface area contributed by atoms with Gasteiger partial charge in [0.15, 0.2) is 0 Å². The summed E-state index contributed by atoms with van der Waals surface area (Å²) in [5, 5.41) is 0. The molecule has 0 spiro atoms. The van der Waals surface area contributed by atoms with Gasteiger partial charge in [-0.1, -0.05) is 26.3 Å². The highest BCUT2D eigenvalue weighted by Crippen LogP contribution is 1.96. The zero-order valence-corrected chi connectivity index (χ0v) is 8.13. The molecule has 2 nitrogen and oxygen atoms in total. The first kappa shape index (κ1) is 11.1. The van der Waals surface area contributed by atoms with E-state index in [9.17, 15) is 4.79 Å². The largest absolute Gasteiger partial charge is 0.273 e. The topological polar surface area (TPSA) is 29.4 Å². The first-order valence-electron chi connectivity index (χ1n) is 4.47. The number of nitrogens with zero attached hydrogens (tertiary/aromatic N) is 1. The molecule has 12 heavy (non-hydrogen) atoms. The van der Waals surface area contributed by atoms with Gasteiger partial charge in [0.1, 0.15) is 0 Å². The van der Waals surface area contributed by atoms with Crippen molar-refractivity contribution in [3.63, 3.8) is 0 Å². The standard InChI is InChI=1S/C10H17NO/c1-4-7-9(8-5-2)11-10(12)6-3/h4,7H,5-6,8H2,1-3H3/b7-4+,11-9?. The third-order valence-electron chi connectivity index (χ3n) is 1.44. The van der Waals surface area contributed by atoms with E-state index in [1.165, 1.54) is 0 Å². The molecule has 0 aliphatic heterocycles. The minimum Gasteiger partial charge on any atom is -0.273 e. The summed E-state index contributed by atoms with van der Waals surface area (Å²) in [5.74, 6) is -0.0310. The average Bonchev–Trinajstić information content (AvgIpc) is 2.05. The van der Waals surface area contributed by atoms with Gasteiger partial charge in [-0.2, -0.15) is 0 Å². The average molecular weight is 167 g/mol. The summed E-state index contributed by atoms with van der Waals surface area (Å²) in [6.07, 6.45) is 6.22. The molecule has 0 atom stereocenters. The highest BCUT2D eigenvalue weighted by Gasteiger charge is 1.96. The van der Waals surface area contributed by atoms with Crippen LogP contribution in [0.4, 0.5) is 0 Å². The second-order valence-corrected chi connectivity index (χ2v) is 2.60. The van der Waals surface area contributed by atoms with Gasteiger partial charge in [-0.25, -0.2) is 4.99 Å². The summed E-state index contributed by atoms with van der Waals surface area (Å²) < 4.78 is 0. The minimum atomic E-state index is -0.0310. The van der Waals surface area contributed by atoms with Crippen LogP contribution >= 0.6 is 0 Å². The molecule has 0 aromatic rings. The van der Waals surface area contributed by atoms with Gasteiger partial charge < -0.3 is 0 Å². The number of amides is 1. The minimum absolute atomic E-state index is 0.0310. The Hall–Kier alpha value is -0.920. The smallest absolute Gasteiger partial charge is 0.245 e. The Morgan fingerprint density at radius 1 is 1.42 bits per heavy atom. The molecule has 0 rings (SSSR count). The number of aliphatic imine (C=N–C) groups is 1. The fourth-order valence-corrected chi connectivity index (χ4v) is 0.864. The van der Waals surface area contributed by atoms with E-state index in [1.54, 1.807) is 0 Å². The van der Waals surface area contributed by atoms with Crippen LogP contribution in [0.5, 0.6) is 0 Å². The van der Waals surface area contributed by atoms with Crippen LogP contribution in [-0.2, 0) is 4.79 Å². The van der Waals surface area contributed by atoms with E-state index in [-0.39, 0.29) is 5.91 Å². The van der Waals surface area contributed by atoms with Crippen molar-refractivity contribution in [1.29, 1.82) is 0 Å². The van der Waals surface area contributed by atoms with Crippen molar-refractivity contribution < 1.29 is 4.79 Å². The van der Waals surface area contributed by atoms with Gasteiger partial charge in [-0.15, -0.1) is 0 Å². The van der Waals surface area contributed by atoms with E-state index in [2.05, 4.69) is 11.9 Å². The molecule has 0 aromatic heterocycles. The Balaban J connectivity index is 4.26. The third kappa shape index (κ3) is 4.83. The van der Waals surface area contributed by atoms with Gasteiger partial charge in [0.25, 0.3) is 0 Å². The molecular formula is C10H17NO. The van der Waals surface area contributed by atoms with Crippen LogP contribution in [0, 0.1) is 0 Å². The molecule has 0 N–H and O–H groups in total. The lowest BCUT2D eigenvalue weighted by atomic mass is 10.2. The third-order valence-corrected chi connectivity index (χ3v) is 1.44. The van der Waals surface area contributed by atoms with E-state index in [1.807, 2.05) is 26.0 Å². The van der Waals surface area contributed by atoms with Crippen LogP contribution in [-0.4, -0.2) is 11.6 Å². The molecule has 2 heteroatoms. The fourth-order valence-electron chi connectivity index (χ4n) is 0.864. The van der Waals surface area contributed by atoms with Crippen molar-refractivity contribution in [3.05, 3.63) is 12.2 Å². The summed E-state index contributed by atoms with van der Waals surface area (Å²) in [7, 11) is 0. The second-order valence-electron chi connectivity index (χ2n) is 2.60. The second kappa shape index (κ2) is 6.77. The Bertz CT molecular complexity index is 192. The van der Waals surface area contributed by atoms with Gasteiger partial charge in [0.2, 0.25) is 5.91 Å². The van der Waals surface area contributed by atoms with E-state index in [0.717, 1.165) is 18.6 Å². The molecule has 0 heterocycles. The molecule has 0 fully saturated rings. The van der Waals surface area contributed by atoms with Crippen molar-refractivity contribution >= 4 is 11.6 Å². The molecule has 0 aliphatic rings. The quantitative estimate of drug-likeness (QED) is 0.592. The molecule has 0 saturated carbocycles. The number of carbonyl (C=O) groups is 1. The van der Waals surface area contributed by atoms with Crippen molar-refractivity contribution in [1.82, 2.24) is 0 Å². The summed E-state index contributed by atoms with van der Waals surface area (Å²) in [5.41, 5.74) is 0.895. The monoisotopic (exact) mass is 167 g/mol. The van der Waals surface area contributed by atoms with Gasteiger partial charge >= 0.3 is 0 Å². The fraction of sp³-hybridized carbons (Fsp3) is 0.600. The Morgan fingerprint density at radius 2 is 2.08 bits per heavy atom. The Labute approximate surface area is 74.4 Å². The molecule has 1 amide bonds. The predicted octanol–water partition coefficient (Wildman–Crippen LogP) is 2.74. The summed E-state index contributed by atoms with van der Waals surface area (Å²) >= 11 is 0. The van der Waals surface area contributed by atoms with Crippen molar-refractivity contribution in [3.8, 4) is 0 Å². The van der Waals surface area contributed by atoms with Crippen molar-refractivity contribution in [2.75, 3.05) is 0 Å². The maximum absolute atomic E-state index is 11.0. The predicted molar refractivity (Wildman–Crippen MR) is 52.5 cm³/mol. The first-order valence-corrected chi connectivity index (χ1v) is 4.47. The SMILES string of the molecule is C/C=C/C(CCC)=NC(=O)CC. The maximum Gasteiger partial charge on any atom is 0.245 e. The molecule has 68 valence electrons. The molecule has 0 aromatic carbocycles. The molecule has 0 aliphatic carbocycles. The van der Waals surface area contributed by atoms with E-state index < -0.39 is 0 Å². The molecular weight excluding hydrogens is 150 g/mol. The Morgan fingerprint density at radius 3 is 2.50 bits per heavy atom. The lowest BCUT2D eigenvalue weighted by molar-refractivity contribution is -0.117. The van der Waals surface area contributed by atoms with Gasteiger partial charge in [0.05, 0.1) is 0 Å². The molecule has 0 saturated heterocycles. The normalized spacial score (nSPS) is 12.4. The van der Waals surface area contributed by atoms with Crippen molar-refractivity contribution in [2.45, 2.75) is 40.0 Å². The van der Waals surface area contributed by atoms with Crippen LogP contribution in [0.15, 0.2) is 17.1 Å². The summed E-state index contributed by atoms with van der Waals surface area (Å²) in [4.78, 5) is 14.9. The van der Waals surface area contributed by atoms with Crippen LogP contribution in [0.25, 0.3) is 0 Å². The van der Waals surface area contributed by atoms with E-state index in [0.29, 0.717) is 6.42 Å². The number of carbonyl (C=O) groups excluding carboxylic acids is 1. The Kier molecular flexibility index (Phi) is 6.25. The first-order chi connectivity index (χ1) is 5.74. The number of hydrogen-bond donors (Lipinski definition) is 0. The van der Waals surface area contributed by atoms with Gasteiger partial charge in [-0.3, -0.25) is 4.79 Å². The van der Waals surface area contributed by atoms with Crippen LogP contribution in [0.1, 0.15) is 40.0 Å². The zero-order valence-electron chi connectivity index (χ0n) is 8.13. The van der Waals surface area contributed by atoms with Crippen LogP contribution in [0.3, 0.4) is 0 Å². The molecule has 0 radical (unpaired) electrons. The van der Waals surface area contributed by atoms with Crippen LogP contribution in [0.2, 0.25) is 0 Å². The number of rotatable bonds is 4. The number of hydrogen-bond acceptors (Lipinski definition) is 1. The van der Waals surface area contributed by atoms with E-state index >= 15 is 0 Å². The van der Waals surface area contributed by atoms with Gasteiger partial charge in [-0.05, 0) is 19.4 Å². The highest BCUT2D eigenvalue weighted by atomic mass is 16.1. The molecule has 0 unspecified atom stereocenters. The molecule has 0 bridgehead atoms.